The van der Waals surface area contributed by atoms with Crippen molar-refractivity contribution in [2.75, 3.05) is 13.1 Å². The van der Waals surface area contributed by atoms with Crippen molar-refractivity contribution in [2.24, 2.45) is 5.92 Å². The summed E-state index contributed by atoms with van der Waals surface area (Å²) in [4.78, 5) is 2.70. The third kappa shape index (κ3) is 3.42. The topological polar surface area (TPSA) is 15.3 Å². The molecule has 1 N–H and O–H groups in total. The number of hydrogen-bond donors (Lipinski definition) is 1. The lowest BCUT2D eigenvalue weighted by Crippen LogP contribution is -2.57. The van der Waals surface area contributed by atoms with E-state index < -0.39 is 0 Å². The van der Waals surface area contributed by atoms with E-state index in [0.29, 0.717) is 12.1 Å². The predicted octanol–water partition coefficient (Wildman–Crippen LogP) is 3.51. The molecule has 1 aromatic rings. The van der Waals surface area contributed by atoms with Crippen LogP contribution in [0.15, 0.2) is 18.2 Å². The van der Waals surface area contributed by atoms with E-state index in [0.717, 1.165) is 25.6 Å². The van der Waals surface area contributed by atoms with Gasteiger partial charge in [-0.15, -0.1) is 0 Å². The molecular formula is C18H30N2. The zero-order valence-electron chi connectivity index (χ0n) is 13.7. The highest BCUT2D eigenvalue weighted by Crippen LogP contribution is 2.23. The molecule has 0 bridgehead atoms. The summed E-state index contributed by atoms with van der Waals surface area (Å²) in [6, 6.07) is 7.91. The van der Waals surface area contributed by atoms with Crippen molar-refractivity contribution in [3.05, 3.63) is 34.9 Å². The molecule has 0 amide bonds. The van der Waals surface area contributed by atoms with Gasteiger partial charge in [-0.1, -0.05) is 38.5 Å². The van der Waals surface area contributed by atoms with Crippen LogP contribution in [0.1, 0.15) is 43.9 Å². The van der Waals surface area contributed by atoms with Gasteiger partial charge in [0.1, 0.15) is 0 Å². The summed E-state index contributed by atoms with van der Waals surface area (Å²) in [6.07, 6.45) is 1.25. The standard InChI is InChI=1S/C18H30N2/c1-6-13(2)18-10-19-16(5)11-20(18)12-17-14(3)8-7-9-15(17)4/h7-9,13,16,18-19H,6,10-12H2,1-5H3. The lowest BCUT2D eigenvalue weighted by atomic mass is 9.93. The monoisotopic (exact) mass is 274 g/mol. The predicted molar refractivity (Wildman–Crippen MR) is 87.0 cm³/mol. The van der Waals surface area contributed by atoms with Crippen LogP contribution in [-0.2, 0) is 6.54 Å². The van der Waals surface area contributed by atoms with Crippen molar-refractivity contribution < 1.29 is 0 Å². The Morgan fingerprint density at radius 1 is 1.30 bits per heavy atom. The molecule has 1 saturated heterocycles. The normalized spacial score (nSPS) is 25.6. The quantitative estimate of drug-likeness (QED) is 0.904. The van der Waals surface area contributed by atoms with E-state index in [-0.39, 0.29) is 0 Å². The molecule has 3 unspecified atom stereocenters. The van der Waals surface area contributed by atoms with E-state index in [1.165, 1.54) is 23.1 Å². The Kier molecular flexibility index (Phi) is 5.22. The average Bonchev–Trinajstić information content (AvgIpc) is 2.42. The first-order valence-corrected chi connectivity index (χ1v) is 8.05. The maximum absolute atomic E-state index is 3.65. The zero-order valence-corrected chi connectivity index (χ0v) is 13.7. The summed E-state index contributed by atoms with van der Waals surface area (Å²) in [5.41, 5.74) is 4.38. The van der Waals surface area contributed by atoms with E-state index >= 15 is 0 Å². The SMILES string of the molecule is CCC(C)C1CNC(C)CN1Cc1c(C)cccc1C. The fourth-order valence-corrected chi connectivity index (χ4v) is 3.32. The number of piperazine rings is 1. The Labute approximate surface area is 124 Å². The Balaban J connectivity index is 2.19. The Bertz CT molecular complexity index is 421. The molecule has 112 valence electrons. The zero-order chi connectivity index (χ0) is 14.7. The Morgan fingerprint density at radius 3 is 2.55 bits per heavy atom. The van der Waals surface area contributed by atoms with E-state index in [1.54, 1.807) is 0 Å². The van der Waals surface area contributed by atoms with E-state index in [9.17, 15) is 0 Å². The minimum Gasteiger partial charge on any atom is -0.311 e. The maximum Gasteiger partial charge on any atom is 0.0250 e. The lowest BCUT2D eigenvalue weighted by Gasteiger charge is -2.42. The summed E-state index contributed by atoms with van der Waals surface area (Å²) in [5, 5.41) is 3.65. The number of nitrogens with one attached hydrogen (secondary N) is 1. The molecule has 0 saturated carbocycles. The van der Waals surface area contributed by atoms with E-state index in [2.05, 4.69) is 63.0 Å². The second-order valence-electron chi connectivity index (χ2n) is 6.56. The molecule has 2 rings (SSSR count). The lowest BCUT2D eigenvalue weighted by molar-refractivity contribution is 0.0881. The molecule has 0 spiro atoms. The molecule has 0 radical (unpaired) electrons. The molecule has 1 heterocycles. The van der Waals surface area contributed by atoms with Crippen molar-refractivity contribution in [1.82, 2.24) is 10.2 Å². The molecule has 3 atom stereocenters. The highest BCUT2D eigenvalue weighted by molar-refractivity contribution is 5.33. The largest absolute Gasteiger partial charge is 0.311 e. The van der Waals surface area contributed by atoms with Crippen LogP contribution in [0.4, 0.5) is 0 Å². The van der Waals surface area contributed by atoms with Gasteiger partial charge in [-0.05, 0) is 43.4 Å². The molecule has 1 aliphatic heterocycles. The van der Waals surface area contributed by atoms with E-state index in [1.807, 2.05) is 0 Å². The van der Waals surface area contributed by atoms with Crippen LogP contribution in [0.25, 0.3) is 0 Å². The van der Waals surface area contributed by atoms with Crippen LogP contribution in [-0.4, -0.2) is 30.1 Å². The van der Waals surface area contributed by atoms with Crippen LogP contribution in [0.2, 0.25) is 0 Å². The summed E-state index contributed by atoms with van der Waals surface area (Å²) in [6.45, 7) is 14.9. The molecular weight excluding hydrogens is 244 g/mol. The van der Waals surface area contributed by atoms with Gasteiger partial charge in [-0.3, -0.25) is 4.90 Å². The van der Waals surface area contributed by atoms with Crippen LogP contribution in [0.5, 0.6) is 0 Å². The van der Waals surface area contributed by atoms with Crippen molar-refractivity contribution in [2.45, 2.75) is 59.7 Å². The van der Waals surface area contributed by atoms with Gasteiger partial charge in [0.25, 0.3) is 0 Å². The van der Waals surface area contributed by atoms with Crippen molar-refractivity contribution in [3.8, 4) is 0 Å². The first-order chi connectivity index (χ1) is 9.52. The van der Waals surface area contributed by atoms with Crippen LogP contribution in [0, 0.1) is 19.8 Å². The highest BCUT2D eigenvalue weighted by Gasteiger charge is 2.29. The van der Waals surface area contributed by atoms with Gasteiger partial charge in [-0.2, -0.15) is 0 Å². The first kappa shape index (κ1) is 15.5. The number of aryl methyl sites for hydroxylation is 2. The van der Waals surface area contributed by atoms with Gasteiger partial charge < -0.3 is 5.32 Å². The number of nitrogens with zero attached hydrogens (tertiary/aromatic N) is 1. The number of hydrogen-bond acceptors (Lipinski definition) is 2. The number of rotatable bonds is 4. The molecule has 1 aliphatic rings. The molecule has 0 aliphatic carbocycles. The third-order valence-electron chi connectivity index (χ3n) is 4.96. The minimum absolute atomic E-state index is 0.597. The molecule has 1 aromatic carbocycles. The summed E-state index contributed by atoms with van der Waals surface area (Å²) < 4.78 is 0. The van der Waals surface area contributed by atoms with E-state index in [4.69, 9.17) is 0 Å². The average molecular weight is 274 g/mol. The van der Waals surface area contributed by atoms with Crippen molar-refractivity contribution >= 4 is 0 Å². The van der Waals surface area contributed by atoms with Gasteiger partial charge >= 0.3 is 0 Å². The summed E-state index contributed by atoms with van der Waals surface area (Å²) in [7, 11) is 0. The molecule has 2 nitrogen and oxygen atoms in total. The summed E-state index contributed by atoms with van der Waals surface area (Å²) in [5.74, 6) is 0.749. The molecule has 20 heavy (non-hydrogen) atoms. The van der Waals surface area contributed by atoms with Crippen LogP contribution >= 0.6 is 0 Å². The van der Waals surface area contributed by atoms with Gasteiger partial charge in [0.15, 0.2) is 0 Å². The van der Waals surface area contributed by atoms with Crippen molar-refractivity contribution in [1.29, 1.82) is 0 Å². The summed E-state index contributed by atoms with van der Waals surface area (Å²) >= 11 is 0. The first-order valence-electron chi connectivity index (χ1n) is 8.05. The van der Waals surface area contributed by atoms with Gasteiger partial charge in [0.2, 0.25) is 0 Å². The fourth-order valence-electron chi connectivity index (χ4n) is 3.32. The third-order valence-corrected chi connectivity index (χ3v) is 4.96. The van der Waals surface area contributed by atoms with Gasteiger partial charge in [-0.25, -0.2) is 0 Å². The van der Waals surface area contributed by atoms with Crippen LogP contribution < -0.4 is 5.32 Å². The second-order valence-corrected chi connectivity index (χ2v) is 6.56. The molecule has 1 fully saturated rings. The highest BCUT2D eigenvalue weighted by atomic mass is 15.2. The van der Waals surface area contributed by atoms with Crippen molar-refractivity contribution in [3.63, 3.8) is 0 Å². The van der Waals surface area contributed by atoms with Gasteiger partial charge in [0, 0.05) is 31.7 Å². The molecule has 0 aromatic heterocycles. The Hall–Kier alpha value is -0.860. The number of benzene rings is 1. The fraction of sp³-hybridized carbons (Fsp3) is 0.667. The Morgan fingerprint density at radius 2 is 1.95 bits per heavy atom. The second kappa shape index (κ2) is 6.73. The molecule has 2 heteroatoms. The van der Waals surface area contributed by atoms with Crippen LogP contribution in [0.3, 0.4) is 0 Å². The smallest absolute Gasteiger partial charge is 0.0250 e. The maximum atomic E-state index is 3.65. The minimum atomic E-state index is 0.597. The van der Waals surface area contributed by atoms with Gasteiger partial charge in [0.05, 0.1) is 0 Å².